The van der Waals surface area contributed by atoms with Crippen LogP contribution in [-0.4, -0.2) is 5.91 Å². The van der Waals surface area contributed by atoms with Crippen LogP contribution in [0.3, 0.4) is 0 Å². The maximum atomic E-state index is 12.7. The molecule has 0 fully saturated rings. The number of anilines is 1. The van der Waals surface area contributed by atoms with Gasteiger partial charge in [0, 0.05) is 0 Å². The summed E-state index contributed by atoms with van der Waals surface area (Å²) in [6.45, 7) is 3.36. The molecule has 1 atom stereocenters. The number of hydrogen-bond acceptors (Lipinski definition) is 2. The number of halogens is 3. The number of rotatable bonds is 5. The zero-order chi connectivity index (χ0) is 17.7. The molecule has 7 heteroatoms. The Kier molecular flexibility index (Phi) is 5.62. The molecule has 0 aromatic heterocycles. The Bertz CT molecular complexity index is 747. The Labute approximate surface area is 140 Å². The van der Waals surface area contributed by atoms with Gasteiger partial charge in [-0.1, -0.05) is 30.8 Å². The Morgan fingerprint density at radius 2 is 1.92 bits per heavy atom. The SMILES string of the molecule is C=CC(=O)N(P)c1ccccc1OCc1cccc(C(F)(F)F)c1. The lowest BCUT2D eigenvalue weighted by molar-refractivity contribution is -0.137. The molecule has 0 aliphatic heterocycles. The Hall–Kier alpha value is -2.33. The fraction of sp³-hybridized carbons (Fsp3) is 0.118. The van der Waals surface area contributed by atoms with Gasteiger partial charge in [0.05, 0.1) is 11.3 Å². The topological polar surface area (TPSA) is 29.5 Å². The number of ether oxygens (including phenoxy) is 1. The zero-order valence-electron chi connectivity index (χ0n) is 12.6. The largest absolute Gasteiger partial charge is 0.487 e. The molecule has 0 aliphatic carbocycles. The lowest BCUT2D eigenvalue weighted by Gasteiger charge is -2.19. The summed E-state index contributed by atoms with van der Waals surface area (Å²) in [6, 6.07) is 11.6. The molecule has 1 unspecified atom stereocenters. The van der Waals surface area contributed by atoms with Crippen molar-refractivity contribution in [2.24, 2.45) is 0 Å². The summed E-state index contributed by atoms with van der Waals surface area (Å²) in [7, 11) is 2.25. The van der Waals surface area contributed by atoms with Crippen molar-refractivity contribution < 1.29 is 22.7 Å². The van der Waals surface area contributed by atoms with Crippen LogP contribution in [0.5, 0.6) is 5.75 Å². The quantitative estimate of drug-likeness (QED) is 0.581. The average Bonchev–Trinajstić information content (AvgIpc) is 2.58. The summed E-state index contributed by atoms with van der Waals surface area (Å²) in [5.74, 6) is 0.0234. The smallest absolute Gasteiger partial charge is 0.416 e. The fourth-order valence-electron chi connectivity index (χ4n) is 1.99. The molecule has 0 heterocycles. The average molecular weight is 353 g/mol. The number of carbonyl (C=O) groups excluding carboxylic acids is 1. The van der Waals surface area contributed by atoms with Gasteiger partial charge in [0.1, 0.15) is 12.4 Å². The second-order valence-corrected chi connectivity index (χ2v) is 5.38. The number of hydrogen-bond donors (Lipinski definition) is 0. The molecule has 0 saturated carbocycles. The highest BCUT2D eigenvalue weighted by molar-refractivity contribution is 7.21. The first-order valence-electron chi connectivity index (χ1n) is 6.92. The zero-order valence-corrected chi connectivity index (χ0v) is 13.7. The minimum atomic E-state index is -4.40. The van der Waals surface area contributed by atoms with Gasteiger partial charge >= 0.3 is 6.18 Å². The van der Waals surface area contributed by atoms with Crippen molar-refractivity contribution in [2.75, 3.05) is 4.67 Å². The first kappa shape index (κ1) is 18.0. The molecule has 0 spiro atoms. The van der Waals surface area contributed by atoms with E-state index in [1.54, 1.807) is 30.3 Å². The van der Waals surface area contributed by atoms with E-state index in [1.165, 1.54) is 10.7 Å². The van der Waals surface area contributed by atoms with Gasteiger partial charge in [-0.2, -0.15) is 13.2 Å². The molecule has 2 aromatic rings. The molecule has 24 heavy (non-hydrogen) atoms. The van der Waals surface area contributed by atoms with Gasteiger partial charge in [-0.05, 0) is 45.3 Å². The lowest BCUT2D eigenvalue weighted by atomic mass is 10.1. The van der Waals surface area contributed by atoms with E-state index in [2.05, 4.69) is 16.0 Å². The van der Waals surface area contributed by atoms with Crippen molar-refractivity contribution in [3.63, 3.8) is 0 Å². The highest BCUT2D eigenvalue weighted by Crippen LogP contribution is 2.32. The summed E-state index contributed by atoms with van der Waals surface area (Å²) >= 11 is 0. The molecular weight excluding hydrogens is 338 g/mol. The monoisotopic (exact) mass is 353 g/mol. The number of carbonyl (C=O) groups is 1. The van der Waals surface area contributed by atoms with E-state index in [9.17, 15) is 18.0 Å². The van der Waals surface area contributed by atoms with E-state index < -0.39 is 11.7 Å². The van der Waals surface area contributed by atoms with Crippen LogP contribution in [0.15, 0.2) is 61.2 Å². The second kappa shape index (κ2) is 7.49. The van der Waals surface area contributed by atoms with Gasteiger partial charge in [0.2, 0.25) is 0 Å². The number of alkyl halides is 3. The van der Waals surface area contributed by atoms with Crippen molar-refractivity contribution in [3.8, 4) is 5.75 Å². The van der Waals surface area contributed by atoms with Gasteiger partial charge < -0.3 is 4.74 Å². The lowest BCUT2D eigenvalue weighted by Crippen LogP contribution is -2.17. The third-order valence-corrected chi connectivity index (χ3v) is 3.72. The fourth-order valence-corrected chi connectivity index (χ4v) is 2.31. The van der Waals surface area contributed by atoms with Crippen LogP contribution in [0.25, 0.3) is 0 Å². The minimum absolute atomic E-state index is 0.0538. The molecule has 0 radical (unpaired) electrons. The Balaban J connectivity index is 2.19. The summed E-state index contributed by atoms with van der Waals surface area (Å²) in [5.41, 5.74) is 0.121. The van der Waals surface area contributed by atoms with Gasteiger partial charge in [0.15, 0.2) is 0 Å². The molecule has 2 rings (SSSR count). The van der Waals surface area contributed by atoms with E-state index in [-0.39, 0.29) is 12.5 Å². The molecule has 0 aliphatic rings. The third kappa shape index (κ3) is 4.36. The minimum Gasteiger partial charge on any atom is -0.487 e. The van der Waals surface area contributed by atoms with Crippen LogP contribution < -0.4 is 9.41 Å². The molecule has 0 saturated heterocycles. The van der Waals surface area contributed by atoms with Crippen LogP contribution in [-0.2, 0) is 17.6 Å². The van der Waals surface area contributed by atoms with E-state index in [4.69, 9.17) is 4.74 Å². The Morgan fingerprint density at radius 1 is 1.21 bits per heavy atom. The molecule has 1 amide bonds. The predicted octanol–water partition coefficient (Wildman–Crippen LogP) is 4.59. The first-order chi connectivity index (χ1) is 11.3. The van der Waals surface area contributed by atoms with Crippen molar-refractivity contribution >= 4 is 21.0 Å². The normalized spacial score (nSPS) is 11.0. The summed E-state index contributed by atoms with van der Waals surface area (Å²) in [6.07, 6.45) is -3.25. The van der Waals surface area contributed by atoms with Crippen molar-refractivity contribution in [1.82, 2.24) is 0 Å². The summed E-state index contributed by atoms with van der Waals surface area (Å²) < 4.78 is 45.1. The molecular formula is C17H15F3NO2P. The van der Waals surface area contributed by atoms with Crippen molar-refractivity contribution in [1.29, 1.82) is 0 Å². The van der Waals surface area contributed by atoms with Crippen molar-refractivity contribution in [2.45, 2.75) is 12.8 Å². The predicted molar refractivity (Wildman–Crippen MR) is 89.6 cm³/mol. The number of amides is 1. The molecule has 0 N–H and O–H groups in total. The van der Waals surface area contributed by atoms with Gasteiger partial charge in [-0.15, -0.1) is 0 Å². The maximum Gasteiger partial charge on any atom is 0.416 e. The van der Waals surface area contributed by atoms with Crippen LogP contribution in [0.4, 0.5) is 18.9 Å². The summed E-state index contributed by atoms with van der Waals surface area (Å²) in [4.78, 5) is 11.7. The highest BCUT2D eigenvalue weighted by Gasteiger charge is 2.30. The number of para-hydroxylation sites is 2. The van der Waals surface area contributed by atoms with Crippen molar-refractivity contribution in [3.05, 3.63) is 72.3 Å². The van der Waals surface area contributed by atoms with Crippen LogP contribution >= 0.6 is 9.39 Å². The van der Waals surface area contributed by atoms with Crippen LogP contribution in [0.2, 0.25) is 0 Å². The first-order valence-corrected chi connectivity index (χ1v) is 7.43. The molecule has 3 nitrogen and oxygen atoms in total. The van der Waals surface area contributed by atoms with Gasteiger partial charge in [0.25, 0.3) is 5.91 Å². The molecule has 2 aromatic carbocycles. The third-order valence-electron chi connectivity index (χ3n) is 3.19. The standard InChI is InChI=1S/C17H15F3NO2P/c1-2-16(22)21(24)14-8-3-4-9-15(14)23-11-12-6-5-7-13(10-12)17(18,19)20/h2-10H,1,11,24H2. The Morgan fingerprint density at radius 3 is 2.58 bits per heavy atom. The van der Waals surface area contributed by atoms with E-state index in [1.807, 2.05) is 0 Å². The van der Waals surface area contributed by atoms with E-state index in [0.717, 1.165) is 18.2 Å². The summed E-state index contributed by atoms with van der Waals surface area (Å²) in [5, 5.41) is 0. The maximum absolute atomic E-state index is 12.7. The number of nitrogens with zero attached hydrogens (tertiary/aromatic N) is 1. The number of benzene rings is 2. The van der Waals surface area contributed by atoms with E-state index in [0.29, 0.717) is 17.0 Å². The second-order valence-electron chi connectivity index (χ2n) is 4.87. The molecule has 126 valence electrons. The van der Waals surface area contributed by atoms with E-state index >= 15 is 0 Å². The highest BCUT2D eigenvalue weighted by atomic mass is 31.0. The molecule has 0 bridgehead atoms. The van der Waals surface area contributed by atoms with Crippen LogP contribution in [0.1, 0.15) is 11.1 Å². The van der Waals surface area contributed by atoms with Gasteiger partial charge in [-0.3, -0.25) is 9.46 Å². The van der Waals surface area contributed by atoms with Gasteiger partial charge in [-0.25, -0.2) is 0 Å². The van der Waals surface area contributed by atoms with Crippen LogP contribution in [0, 0.1) is 0 Å².